The van der Waals surface area contributed by atoms with E-state index < -0.39 is 0 Å². The summed E-state index contributed by atoms with van der Waals surface area (Å²) in [6, 6.07) is 9.45. The minimum absolute atomic E-state index is 0.152. The molecule has 1 amide bonds. The Bertz CT molecular complexity index is 1180. The number of carbonyl (C=O) groups is 1. The SMILES string of the molecule is N#Cc1c(N)nc2c(c1-c1ccc(Cl)cc1)C(=S)N(C(=O)C13CC4CC(CC(C4)C1)C3)C2. The quantitative estimate of drug-likeness (QED) is 0.628. The summed E-state index contributed by atoms with van der Waals surface area (Å²) in [7, 11) is 0. The van der Waals surface area contributed by atoms with Gasteiger partial charge in [-0.1, -0.05) is 36.0 Å². The molecule has 5 aliphatic rings. The van der Waals surface area contributed by atoms with Crippen molar-refractivity contribution in [3.8, 4) is 17.2 Å². The summed E-state index contributed by atoms with van der Waals surface area (Å²) < 4.78 is 0. The number of nitrogens with two attached hydrogens (primary N) is 1. The second kappa shape index (κ2) is 7.00. The van der Waals surface area contributed by atoms with Gasteiger partial charge in [0.25, 0.3) is 0 Å². The van der Waals surface area contributed by atoms with Crippen molar-refractivity contribution >= 4 is 40.5 Å². The van der Waals surface area contributed by atoms with Gasteiger partial charge < -0.3 is 5.73 Å². The van der Waals surface area contributed by atoms with Gasteiger partial charge in [-0.15, -0.1) is 0 Å². The Morgan fingerprint density at radius 2 is 1.72 bits per heavy atom. The van der Waals surface area contributed by atoms with E-state index in [4.69, 9.17) is 29.6 Å². The summed E-state index contributed by atoms with van der Waals surface area (Å²) in [5, 5.41) is 10.4. The van der Waals surface area contributed by atoms with Crippen LogP contribution in [0.4, 0.5) is 5.82 Å². The first kappa shape index (κ1) is 20.1. The van der Waals surface area contributed by atoms with E-state index in [0.29, 0.717) is 51.1 Å². The van der Waals surface area contributed by atoms with Gasteiger partial charge in [-0.2, -0.15) is 5.26 Å². The molecule has 0 saturated heterocycles. The Kier molecular flexibility index (Phi) is 4.41. The van der Waals surface area contributed by atoms with Crippen LogP contribution in [-0.2, 0) is 11.3 Å². The molecule has 7 heteroatoms. The van der Waals surface area contributed by atoms with Crippen molar-refractivity contribution in [2.75, 3.05) is 5.73 Å². The van der Waals surface area contributed by atoms with Crippen LogP contribution in [0.1, 0.15) is 55.3 Å². The van der Waals surface area contributed by atoms with Gasteiger partial charge in [0.2, 0.25) is 5.91 Å². The van der Waals surface area contributed by atoms with E-state index in [1.54, 1.807) is 17.0 Å². The lowest BCUT2D eigenvalue weighted by atomic mass is 9.49. The Morgan fingerprint density at radius 3 is 2.28 bits per heavy atom. The highest BCUT2D eigenvalue weighted by atomic mass is 35.5. The molecule has 2 aromatic rings. The monoisotopic (exact) mass is 462 g/mol. The summed E-state index contributed by atoms with van der Waals surface area (Å²) in [6.07, 6.45) is 6.79. The van der Waals surface area contributed by atoms with Crippen molar-refractivity contribution in [1.82, 2.24) is 9.88 Å². The number of benzene rings is 1. The van der Waals surface area contributed by atoms with Crippen LogP contribution in [0, 0.1) is 34.5 Å². The number of hydrogen-bond donors (Lipinski definition) is 1. The lowest BCUT2D eigenvalue weighted by Gasteiger charge is -2.56. The van der Waals surface area contributed by atoms with Crippen molar-refractivity contribution in [3.63, 3.8) is 0 Å². The predicted octanol–water partition coefficient (Wildman–Crippen LogP) is 5.09. The van der Waals surface area contributed by atoms with E-state index in [9.17, 15) is 10.1 Å². The highest BCUT2D eigenvalue weighted by Gasteiger charge is 2.56. The molecule has 1 aromatic heterocycles. The number of nitrogens with zero attached hydrogens (tertiary/aromatic N) is 3. The fourth-order valence-corrected chi connectivity index (χ4v) is 7.69. The van der Waals surface area contributed by atoms with E-state index in [0.717, 1.165) is 24.8 Å². The second-order valence-corrected chi connectivity index (χ2v) is 10.9. The van der Waals surface area contributed by atoms with Crippen LogP contribution in [0.2, 0.25) is 5.02 Å². The van der Waals surface area contributed by atoms with Crippen LogP contribution < -0.4 is 5.73 Å². The van der Waals surface area contributed by atoms with Crippen molar-refractivity contribution in [2.24, 2.45) is 23.2 Å². The number of thiocarbonyl (C=S) groups is 1. The van der Waals surface area contributed by atoms with Gasteiger partial charge in [0.15, 0.2) is 0 Å². The van der Waals surface area contributed by atoms with Gasteiger partial charge in [0.1, 0.15) is 22.4 Å². The molecule has 1 aliphatic heterocycles. The third-order valence-corrected chi connectivity index (χ3v) is 8.73. The molecular formula is C25H23ClN4OS. The number of amides is 1. The number of pyridine rings is 1. The minimum atomic E-state index is -0.287. The average molecular weight is 463 g/mol. The van der Waals surface area contributed by atoms with Crippen LogP contribution in [-0.4, -0.2) is 20.8 Å². The fourth-order valence-electron chi connectivity index (χ4n) is 7.20. The molecule has 32 heavy (non-hydrogen) atoms. The normalized spacial score (nSPS) is 29.8. The molecule has 0 spiro atoms. The summed E-state index contributed by atoms with van der Waals surface area (Å²) in [5.74, 6) is 2.34. The fraction of sp³-hybridized carbons (Fsp3) is 0.440. The number of anilines is 1. The molecule has 5 nitrogen and oxygen atoms in total. The standard InChI is InChI=1S/C25H23ClN4OS/c26-17-3-1-16(2-4-17)20-18(11-27)22(28)29-19-12-30(23(32)21(19)20)24(31)25-8-13-5-14(9-25)7-15(6-13)10-25/h1-4,13-15H,5-10,12H2,(H2,28,29). The number of nitrogen functional groups attached to an aromatic ring is 1. The number of fused-ring (bicyclic) bond motifs is 1. The van der Waals surface area contributed by atoms with Gasteiger partial charge >= 0.3 is 0 Å². The number of rotatable bonds is 2. The van der Waals surface area contributed by atoms with Crippen molar-refractivity contribution in [2.45, 2.75) is 45.1 Å². The zero-order valence-corrected chi connectivity index (χ0v) is 19.2. The van der Waals surface area contributed by atoms with Gasteiger partial charge in [0, 0.05) is 16.1 Å². The number of aromatic nitrogens is 1. The van der Waals surface area contributed by atoms with E-state index in [2.05, 4.69) is 11.1 Å². The van der Waals surface area contributed by atoms with Gasteiger partial charge in [0.05, 0.1) is 17.7 Å². The molecule has 0 radical (unpaired) electrons. The first-order valence-corrected chi connectivity index (χ1v) is 12.0. The lowest BCUT2D eigenvalue weighted by Crippen LogP contribution is -2.54. The van der Waals surface area contributed by atoms with Crippen LogP contribution in [0.15, 0.2) is 24.3 Å². The highest BCUT2D eigenvalue weighted by Crippen LogP contribution is 2.61. The molecule has 162 valence electrons. The van der Waals surface area contributed by atoms with Gasteiger partial charge in [-0.05, 0) is 74.0 Å². The third-order valence-electron chi connectivity index (χ3n) is 8.05. The number of halogens is 1. The van der Waals surface area contributed by atoms with E-state index in [1.807, 2.05) is 12.1 Å². The Hall–Kier alpha value is -2.49. The summed E-state index contributed by atoms with van der Waals surface area (Å²) in [5.41, 5.74) is 8.99. The van der Waals surface area contributed by atoms with Crippen LogP contribution in [0.25, 0.3) is 11.1 Å². The summed E-state index contributed by atoms with van der Waals surface area (Å²) >= 11 is 12.0. The molecule has 1 aromatic carbocycles. The van der Waals surface area contributed by atoms with Gasteiger partial charge in [-0.3, -0.25) is 9.69 Å². The molecule has 4 aliphatic carbocycles. The first-order chi connectivity index (χ1) is 15.4. The molecular weight excluding hydrogens is 440 g/mol. The highest BCUT2D eigenvalue weighted by molar-refractivity contribution is 7.80. The van der Waals surface area contributed by atoms with E-state index >= 15 is 0 Å². The zero-order valence-electron chi connectivity index (χ0n) is 17.6. The number of carbonyl (C=O) groups excluding carboxylic acids is 1. The summed E-state index contributed by atoms with van der Waals surface area (Å²) in [6.45, 7) is 0.325. The minimum Gasteiger partial charge on any atom is -0.383 e. The van der Waals surface area contributed by atoms with Crippen LogP contribution in [0.3, 0.4) is 0 Å². The molecule has 2 heterocycles. The van der Waals surface area contributed by atoms with Crippen LogP contribution >= 0.6 is 23.8 Å². The Morgan fingerprint density at radius 1 is 1.12 bits per heavy atom. The van der Waals surface area contributed by atoms with E-state index in [-0.39, 0.29) is 22.7 Å². The molecule has 4 bridgehead atoms. The molecule has 7 rings (SSSR count). The predicted molar refractivity (Wildman–Crippen MR) is 127 cm³/mol. The molecule has 4 saturated carbocycles. The van der Waals surface area contributed by atoms with Crippen molar-refractivity contribution in [1.29, 1.82) is 5.26 Å². The Labute approximate surface area is 197 Å². The molecule has 0 unspecified atom stereocenters. The smallest absolute Gasteiger partial charge is 0.234 e. The van der Waals surface area contributed by atoms with Gasteiger partial charge in [-0.25, -0.2) is 4.98 Å². The van der Waals surface area contributed by atoms with E-state index in [1.165, 1.54) is 19.3 Å². The number of nitriles is 1. The van der Waals surface area contributed by atoms with Crippen molar-refractivity contribution < 1.29 is 4.79 Å². The zero-order chi connectivity index (χ0) is 22.2. The lowest BCUT2D eigenvalue weighted by molar-refractivity contribution is -0.153. The summed E-state index contributed by atoms with van der Waals surface area (Å²) in [4.78, 5) is 20.7. The maximum Gasteiger partial charge on any atom is 0.234 e. The Balaban J connectivity index is 1.42. The second-order valence-electron chi connectivity index (χ2n) is 10.1. The molecule has 4 fully saturated rings. The molecule has 2 N–H and O–H groups in total. The largest absolute Gasteiger partial charge is 0.383 e. The van der Waals surface area contributed by atoms with Crippen molar-refractivity contribution in [3.05, 3.63) is 46.1 Å². The topological polar surface area (TPSA) is 83.0 Å². The maximum absolute atomic E-state index is 14.0. The van der Waals surface area contributed by atoms with Crippen LogP contribution in [0.5, 0.6) is 0 Å². The first-order valence-electron chi connectivity index (χ1n) is 11.2. The third kappa shape index (κ3) is 2.84. The number of hydrogen-bond acceptors (Lipinski definition) is 5. The average Bonchev–Trinajstić information content (AvgIpc) is 3.07. The molecule has 0 atom stereocenters. The maximum atomic E-state index is 14.0.